The second-order valence-electron chi connectivity index (χ2n) is 7.77. The van der Waals surface area contributed by atoms with Crippen LogP contribution < -0.4 is 19.7 Å². The van der Waals surface area contributed by atoms with E-state index in [1.54, 1.807) is 19.2 Å². The zero-order valence-corrected chi connectivity index (χ0v) is 18.6. The number of carbonyl (C=O) groups is 1. The summed E-state index contributed by atoms with van der Waals surface area (Å²) in [7, 11) is 1.59. The number of amides is 1. The van der Waals surface area contributed by atoms with Crippen LogP contribution in [-0.4, -0.2) is 57.2 Å². The van der Waals surface area contributed by atoms with E-state index < -0.39 is 0 Å². The Balaban J connectivity index is 1.18. The Kier molecular flexibility index (Phi) is 7.47. The molecule has 7 nitrogen and oxygen atoms in total. The van der Waals surface area contributed by atoms with Crippen LogP contribution in [0.4, 0.5) is 10.1 Å². The molecule has 0 unspecified atom stereocenters. The lowest BCUT2D eigenvalue weighted by molar-refractivity contribution is 0.0916. The van der Waals surface area contributed by atoms with Gasteiger partial charge in [0.1, 0.15) is 18.2 Å². The second kappa shape index (κ2) is 10.9. The third kappa shape index (κ3) is 6.04. The maximum absolute atomic E-state index is 13.1. The van der Waals surface area contributed by atoms with E-state index in [2.05, 4.69) is 15.1 Å². The lowest BCUT2D eigenvalue weighted by Crippen LogP contribution is -2.48. The molecule has 0 aliphatic carbocycles. The van der Waals surface area contributed by atoms with Gasteiger partial charge in [0.05, 0.1) is 7.11 Å². The molecule has 0 atom stereocenters. The van der Waals surface area contributed by atoms with Crippen LogP contribution in [0.5, 0.6) is 11.5 Å². The molecule has 1 aliphatic heterocycles. The van der Waals surface area contributed by atoms with E-state index >= 15 is 0 Å². The Hall–Kier alpha value is -3.52. The van der Waals surface area contributed by atoms with Gasteiger partial charge in [-0.1, -0.05) is 12.1 Å². The van der Waals surface area contributed by atoms with E-state index in [9.17, 15) is 9.18 Å². The first-order valence-electron chi connectivity index (χ1n) is 11.0. The summed E-state index contributed by atoms with van der Waals surface area (Å²) in [4.78, 5) is 17.0. The number of halogens is 1. The molecule has 0 spiro atoms. The molecule has 1 N–H and O–H groups in total. The topological polar surface area (TPSA) is 67.2 Å². The summed E-state index contributed by atoms with van der Waals surface area (Å²) in [5, 5.41) is 2.91. The maximum Gasteiger partial charge on any atom is 0.287 e. The molecule has 33 heavy (non-hydrogen) atoms. The molecule has 1 aromatic heterocycles. The van der Waals surface area contributed by atoms with Gasteiger partial charge in [-0.2, -0.15) is 0 Å². The van der Waals surface area contributed by atoms with E-state index in [4.69, 9.17) is 13.9 Å². The average molecular weight is 454 g/mol. The molecule has 1 saturated heterocycles. The van der Waals surface area contributed by atoms with Crippen LogP contribution >= 0.6 is 0 Å². The number of piperazine rings is 1. The van der Waals surface area contributed by atoms with Crippen molar-refractivity contribution in [2.24, 2.45) is 0 Å². The number of furan rings is 1. The number of anilines is 1. The van der Waals surface area contributed by atoms with Crippen molar-refractivity contribution in [2.75, 3.05) is 51.3 Å². The summed E-state index contributed by atoms with van der Waals surface area (Å²) in [6.45, 7) is 5.00. The van der Waals surface area contributed by atoms with Crippen LogP contribution in [0, 0.1) is 5.82 Å². The molecule has 3 aromatic rings. The molecule has 1 fully saturated rings. The smallest absolute Gasteiger partial charge is 0.287 e. The highest BCUT2D eigenvalue weighted by Crippen LogP contribution is 2.26. The van der Waals surface area contributed by atoms with Crippen molar-refractivity contribution in [3.8, 4) is 11.5 Å². The van der Waals surface area contributed by atoms with E-state index in [-0.39, 0.29) is 24.1 Å². The maximum atomic E-state index is 13.1. The van der Waals surface area contributed by atoms with Crippen LogP contribution in [0.25, 0.3) is 0 Å². The van der Waals surface area contributed by atoms with Crippen LogP contribution in [0.3, 0.4) is 0 Å². The first-order valence-corrected chi connectivity index (χ1v) is 11.0. The van der Waals surface area contributed by atoms with Crippen molar-refractivity contribution in [3.05, 3.63) is 78.0 Å². The lowest BCUT2D eigenvalue weighted by atomic mass is 10.2. The molecular formula is C25H28FN3O4. The molecule has 0 bridgehead atoms. The van der Waals surface area contributed by atoms with Crippen LogP contribution in [0.15, 0.2) is 65.1 Å². The monoisotopic (exact) mass is 453 g/mol. The van der Waals surface area contributed by atoms with E-state index in [0.717, 1.165) is 38.4 Å². The lowest BCUT2D eigenvalue weighted by Gasteiger charge is -2.36. The number of hydrogen-bond donors (Lipinski definition) is 1. The van der Waals surface area contributed by atoms with Crippen molar-refractivity contribution in [1.29, 1.82) is 0 Å². The Morgan fingerprint density at radius 2 is 1.73 bits per heavy atom. The standard InChI is InChI=1S/C25H28FN3O4/c1-31-22-4-2-3-5-23(22)32-18-21-10-11-24(33-21)25(30)27-12-13-28-14-16-29(17-15-28)20-8-6-19(26)7-9-20/h2-11H,12-18H2,1H3,(H,27,30). The summed E-state index contributed by atoms with van der Waals surface area (Å²) in [6, 6.07) is 17.3. The number of methoxy groups -OCH3 is 1. The molecule has 2 heterocycles. The number of nitrogens with zero attached hydrogens (tertiary/aromatic N) is 2. The number of nitrogens with one attached hydrogen (secondary N) is 1. The van der Waals surface area contributed by atoms with Gasteiger partial charge in [-0.25, -0.2) is 4.39 Å². The molecular weight excluding hydrogens is 425 g/mol. The van der Waals surface area contributed by atoms with Gasteiger partial charge in [0.15, 0.2) is 17.3 Å². The highest BCUT2D eigenvalue weighted by molar-refractivity contribution is 5.91. The fourth-order valence-corrected chi connectivity index (χ4v) is 3.76. The van der Waals surface area contributed by atoms with Crippen molar-refractivity contribution >= 4 is 11.6 Å². The minimum atomic E-state index is -0.247. The van der Waals surface area contributed by atoms with Crippen molar-refractivity contribution in [3.63, 3.8) is 0 Å². The average Bonchev–Trinajstić information content (AvgIpc) is 3.33. The Morgan fingerprint density at radius 3 is 2.45 bits per heavy atom. The minimum absolute atomic E-state index is 0.200. The fourth-order valence-electron chi connectivity index (χ4n) is 3.76. The number of para-hydroxylation sites is 2. The SMILES string of the molecule is COc1ccccc1OCc1ccc(C(=O)NCCN2CCN(c3ccc(F)cc3)CC2)o1. The molecule has 1 amide bonds. The highest BCUT2D eigenvalue weighted by Gasteiger charge is 2.18. The number of rotatable bonds is 9. The van der Waals surface area contributed by atoms with Gasteiger partial charge in [-0.15, -0.1) is 0 Å². The van der Waals surface area contributed by atoms with Gasteiger partial charge in [-0.05, 0) is 48.5 Å². The molecule has 0 saturated carbocycles. The molecule has 0 radical (unpaired) electrons. The van der Waals surface area contributed by atoms with Crippen molar-refractivity contribution in [1.82, 2.24) is 10.2 Å². The van der Waals surface area contributed by atoms with Crippen LogP contribution in [0.2, 0.25) is 0 Å². The summed E-state index contributed by atoms with van der Waals surface area (Å²) in [5.41, 5.74) is 1.03. The number of ether oxygens (including phenoxy) is 2. The molecule has 2 aromatic carbocycles. The van der Waals surface area contributed by atoms with E-state index in [0.29, 0.717) is 23.8 Å². The summed E-state index contributed by atoms with van der Waals surface area (Å²) >= 11 is 0. The third-order valence-corrected chi connectivity index (χ3v) is 5.60. The Morgan fingerprint density at radius 1 is 1.00 bits per heavy atom. The summed E-state index contributed by atoms with van der Waals surface area (Å²) in [6.07, 6.45) is 0. The third-order valence-electron chi connectivity index (χ3n) is 5.60. The normalized spacial score (nSPS) is 14.2. The van der Waals surface area contributed by atoms with Gasteiger partial charge < -0.3 is 24.1 Å². The molecule has 4 rings (SSSR count). The summed E-state index contributed by atoms with van der Waals surface area (Å²) < 4.78 is 29.7. The van der Waals surface area contributed by atoms with Crippen LogP contribution in [-0.2, 0) is 6.61 Å². The van der Waals surface area contributed by atoms with Crippen molar-refractivity contribution < 1.29 is 23.1 Å². The predicted octanol–water partition coefficient (Wildman–Crippen LogP) is 3.56. The first-order chi connectivity index (χ1) is 16.1. The Bertz CT molecular complexity index is 1050. The fraction of sp³-hybridized carbons (Fsp3) is 0.320. The van der Waals surface area contributed by atoms with Gasteiger partial charge in [0, 0.05) is 45.0 Å². The van der Waals surface area contributed by atoms with Crippen molar-refractivity contribution in [2.45, 2.75) is 6.61 Å². The van der Waals surface area contributed by atoms with Crippen LogP contribution in [0.1, 0.15) is 16.3 Å². The predicted molar refractivity (Wildman–Crippen MR) is 123 cm³/mol. The quantitative estimate of drug-likeness (QED) is 0.535. The number of carbonyl (C=O) groups excluding carboxylic acids is 1. The highest BCUT2D eigenvalue weighted by atomic mass is 19.1. The number of benzene rings is 2. The minimum Gasteiger partial charge on any atom is -0.493 e. The molecule has 1 aliphatic rings. The van der Waals surface area contributed by atoms with Gasteiger partial charge in [0.2, 0.25) is 0 Å². The van der Waals surface area contributed by atoms with Gasteiger partial charge >= 0.3 is 0 Å². The zero-order valence-electron chi connectivity index (χ0n) is 18.6. The second-order valence-corrected chi connectivity index (χ2v) is 7.77. The zero-order chi connectivity index (χ0) is 23.0. The van der Waals surface area contributed by atoms with E-state index in [1.807, 2.05) is 36.4 Å². The van der Waals surface area contributed by atoms with E-state index in [1.165, 1.54) is 12.1 Å². The molecule has 8 heteroatoms. The largest absolute Gasteiger partial charge is 0.493 e. The Labute approximate surface area is 192 Å². The number of hydrogen-bond acceptors (Lipinski definition) is 6. The molecule has 174 valence electrons. The van der Waals surface area contributed by atoms with Gasteiger partial charge in [0.25, 0.3) is 5.91 Å². The first kappa shape index (κ1) is 22.7. The van der Waals surface area contributed by atoms with Gasteiger partial charge in [-0.3, -0.25) is 9.69 Å². The summed E-state index contributed by atoms with van der Waals surface area (Å²) in [5.74, 6) is 1.60.